The van der Waals surface area contributed by atoms with Crippen molar-refractivity contribution in [1.29, 1.82) is 0 Å². The van der Waals surface area contributed by atoms with Gasteiger partial charge < -0.3 is 10.1 Å². The fraction of sp³-hybridized carbons (Fsp3) is 0.0833. The van der Waals surface area contributed by atoms with E-state index in [2.05, 4.69) is 25.5 Å². The van der Waals surface area contributed by atoms with Crippen LogP contribution in [0.5, 0.6) is 0 Å². The molecule has 3 heterocycles. The maximum absolute atomic E-state index is 4.85. The highest BCUT2D eigenvalue weighted by molar-refractivity contribution is 7.17. The zero-order valence-electron chi connectivity index (χ0n) is 10.1. The number of methoxy groups -OCH3 is 1. The fourth-order valence-electron chi connectivity index (χ4n) is 1.63. The molecule has 0 unspecified atom stereocenters. The van der Waals surface area contributed by atoms with Crippen LogP contribution in [0.25, 0.3) is 16.3 Å². The molecule has 0 amide bonds. The van der Waals surface area contributed by atoms with Crippen molar-refractivity contribution in [2.75, 3.05) is 12.4 Å². The Labute approximate surface area is 113 Å². The minimum atomic E-state index is 0.698. The lowest BCUT2D eigenvalue weighted by Gasteiger charge is -2.01. The lowest BCUT2D eigenvalue weighted by molar-refractivity contribution is 0.341. The third-order valence-corrected chi connectivity index (χ3v) is 3.32. The quantitative estimate of drug-likeness (QED) is 0.715. The number of aromatic amines is 1. The molecule has 0 spiro atoms. The molecule has 0 fully saturated rings. The molecule has 0 aliphatic carbocycles. The Morgan fingerprint density at radius 3 is 3.26 bits per heavy atom. The van der Waals surface area contributed by atoms with Crippen molar-refractivity contribution in [3.8, 4) is 0 Å². The summed E-state index contributed by atoms with van der Waals surface area (Å²) in [6.45, 7) is 0. The lowest BCUT2D eigenvalue weighted by atomic mass is 10.4. The van der Waals surface area contributed by atoms with E-state index >= 15 is 0 Å². The highest BCUT2D eigenvalue weighted by Gasteiger charge is 2.06. The second-order valence-electron chi connectivity index (χ2n) is 3.73. The topological polar surface area (TPSA) is 75.7 Å². The van der Waals surface area contributed by atoms with Crippen LogP contribution >= 0.6 is 11.3 Å². The van der Waals surface area contributed by atoms with Crippen LogP contribution in [0.1, 0.15) is 5.69 Å². The minimum absolute atomic E-state index is 0.698. The number of rotatable bonds is 4. The molecule has 96 valence electrons. The van der Waals surface area contributed by atoms with Gasteiger partial charge >= 0.3 is 0 Å². The molecule has 7 heteroatoms. The predicted octanol–water partition coefficient (Wildman–Crippen LogP) is 2.78. The molecule has 3 aromatic heterocycles. The maximum atomic E-state index is 4.85. The van der Waals surface area contributed by atoms with Gasteiger partial charge in [-0.1, -0.05) is 0 Å². The van der Waals surface area contributed by atoms with Crippen molar-refractivity contribution in [2.24, 2.45) is 0 Å². The van der Waals surface area contributed by atoms with Gasteiger partial charge in [0.25, 0.3) is 0 Å². The average molecular weight is 273 g/mol. The number of fused-ring (bicyclic) bond motifs is 1. The van der Waals surface area contributed by atoms with Gasteiger partial charge in [0.05, 0.1) is 34.8 Å². The van der Waals surface area contributed by atoms with Crippen LogP contribution in [0.15, 0.2) is 30.1 Å². The van der Waals surface area contributed by atoms with Gasteiger partial charge in [-0.05, 0) is 12.1 Å². The summed E-state index contributed by atoms with van der Waals surface area (Å²) in [6, 6.07) is 3.76. The number of nitrogens with one attached hydrogen (secondary N) is 2. The molecule has 0 aliphatic rings. The van der Waals surface area contributed by atoms with Crippen molar-refractivity contribution in [3.63, 3.8) is 0 Å². The van der Waals surface area contributed by atoms with Crippen molar-refractivity contribution in [1.82, 2.24) is 20.2 Å². The molecule has 3 aromatic rings. The van der Waals surface area contributed by atoms with Crippen molar-refractivity contribution in [2.45, 2.75) is 0 Å². The third kappa shape index (κ3) is 2.41. The first-order valence-corrected chi connectivity index (χ1v) is 6.45. The number of pyridine rings is 1. The smallest absolute Gasteiger partial charge is 0.153 e. The Hall–Kier alpha value is -2.41. The summed E-state index contributed by atoms with van der Waals surface area (Å²) in [4.78, 5) is 8.56. The molecule has 0 saturated heterocycles. The van der Waals surface area contributed by atoms with Crippen molar-refractivity contribution < 1.29 is 4.74 Å². The SMILES string of the molecule is COC=Cc1cc(Nc2nccc3ncsc23)n[nH]1. The van der Waals surface area contributed by atoms with Crippen LogP contribution in [0, 0.1) is 0 Å². The number of aromatic nitrogens is 4. The average Bonchev–Trinajstić information content (AvgIpc) is 3.05. The first-order valence-electron chi connectivity index (χ1n) is 5.57. The highest BCUT2D eigenvalue weighted by Crippen LogP contribution is 2.26. The number of nitrogens with zero attached hydrogens (tertiary/aromatic N) is 3. The van der Waals surface area contributed by atoms with Crippen LogP contribution in [0.2, 0.25) is 0 Å². The minimum Gasteiger partial charge on any atom is -0.504 e. The Morgan fingerprint density at radius 2 is 2.37 bits per heavy atom. The third-order valence-electron chi connectivity index (χ3n) is 2.47. The van der Waals surface area contributed by atoms with Gasteiger partial charge in [0.2, 0.25) is 0 Å². The molecule has 0 radical (unpaired) electrons. The predicted molar refractivity (Wildman–Crippen MR) is 75.3 cm³/mol. The van der Waals surface area contributed by atoms with E-state index in [9.17, 15) is 0 Å². The number of hydrogen-bond donors (Lipinski definition) is 2. The molecule has 0 atom stereocenters. The second kappa shape index (κ2) is 5.07. The summed E-state index contributed by atoms with van der Waals surface area (Å²) in [5.41, 5.74) is 3.58. The normalized spacial score (nSPS) is 11.2. The Morgan fingerprint density at radius 1 is 1.42 bits per heavy atom. The van der Waals surface area contributed by atoms with E-state index in [-0.39, 0.29) is 0 Å². The van der Waals surface area contributed by atoms with E-state index in [1.165, 1.54) is 0 Å². The van der Waals surface area contributed by atoms with E-state index < -0.39 is 0 Å². The van der Waals surface area contributed by atoms with Gasteiger partial charge in [0, 0.05) is 12.3 Å². The van der Waals surface area contributed by atoms with Gasteiger partial charge in [0.15, 0.2) is 11.6 Å². The zero-order chi connectivity index (χ0) is 13.1. The van der Waals surface area contributed by atoms with Crippen LogP contribution in [-0.4, -0.2) is 27.3 Å². The van der Waals surface area contributed by atoms with Crippen LogP contribution < -0.4 is 5.32 Å². The summed E-state index contributed by atoms with van der Waals surface area (Å²) in [7, 11) is 1.60. The summed E-state index contributed by atoms with van der Waals surface area (Å²) >= 11 is 1.55. The molecule has 0 aliphatic heterocycles. The number of H-pyrrole nitrogens is 1. The molecule has 19 heavy (non-hydrogen) atoms. The Balaban J connectivity index is 1.86. The monoisotopic (exact) mass is 273 g/mol. The number of anilines is 2. The van der Waals surface area contributed by atoms with Crippen LogP contribution in [0.4, 0.5) is 11.6 Å². The first kappa shape index (κ1) is 11.7. The maximum Gasteiger partial charge on any atom is 0.153 e. The fourth-order valence-corrected chi connectivity index (χ4v) is 2.36. The van der Waals surface area contributed by atoms with Crippen molar-refractivity contribution in [3.05, 3.63) is 35.8 Å². The van der Waals surface area contributed by atoms with Crippen molar-refractivity contribution >= 4 is 39.3 Å². The van der Waals surface area contributed by atoms with E-state index in [4.69, 9.17) is 4.74 Å². The largest absolute Gasteiger partial charge is 0.504 e. The van der Waals surface area contributed by atoms with E-state index in [0.29, 0.717) is 5.82 Å². The molecule has 0 bridgehead atoms. The van der Waals surface area contributed by atoms with E-state index in [1.807, 2.05) is 12.1 Å². The lowest BCUT2D eigenvalue weighted by Crippen LogP contribution is -1.93. The summed E-state index contributed by atoms with van der Waals surface area (Å²) in [5, 5.41) is 10.2. The van der Waals surface area contributed by atoms with Gasteiger partial charge in [-0.25, -0.2) is 9.97 Å². The number of thiazole rings is 1. The Bertz CT molecular complexity index is 718. The molecular formula is C12H11N5OS. The standard InChI is InChI=1S/C12H11N5OS/c1-18-5-3-8-6-10(17-16-8)15-12-11-9(2-4-13-12)14-7-19-11/h2-7H,1H3,(H2,13,15,16,17). The molecule has 2 N–H and O–H groups in total. The van der Waals surface area contributed by atoms with Gasteiger partial charge in [-0.15, -0.1) is 11.3 Å². The molecule has 6 nitrogen and oxygen atoms in total. The van der Waals surface area contributed by atoms with Gasteiger partial charge in [-0.2, -0.15) is 5.10 Å². The van der Waals surface area contributed by atoms with Gasteiger partial charge in [0.1, 0.15) is 0 Å². The molecule has 3 rings (SSSR count). The summed E-state index contributed by atoms with van der Waals surface area (Å²) in [6.07, 6.45) is 5.10. The second-order valence-corrected chi connectivity index (χ2v) is 4.59. The summed E-state index contributed by atoms with van der Waals surface area (Å²) < 4.78 is 5.87. The zero-order valence-corrected chi connectivity index (χ0v) is 10.9. The van der Waals surface area contributed by atoms with Crippen LogP contribution in [0.3, 0.4) is 0 Å². The first-order chi connectivity index (χ1) is 9.36. The molecule has 0 saturated carbocycles. The number of ether oxygens (including phenoxy) is 1. The van der Waals surface area contributed by atoms with Crippen LogP contribution in [-0.2, 0) is 4.74 Å². The van der Waals surface area contributed by atoms with Gasteiger partial charge in [-0.3, -0.25) is 5.10 Å². The molecule has 0 aromatic carbocycles. The number of hydrogen-bond acceptors (Lipinski definition) is 6. The summed E-state index contributed by atoms with van der Waals surface area (Å²) in [5.74, 6) is 1.46. The molecular weight excluding hydrogens is 262 g/mol. The Kier molecular flexibility index (Phi) is 3.11. The van der Waals surface area contributed by atoms with E-state index in [1.54, 1.807) is 42.5 Å². The van der Waals surface area contributed by atoms with E-state index in [0.717, 1.165) is 21.7 Å². The highest BCUT2D eigenvalue weighted by atomic mass is 32.1.